The molecular weight excluding hydrogens is 328 g/mol. The normalized spacial score (nSPS) is 11.2. The summed E-state index contributed by atoms with van der Waals surface area (Å²) in [5.74, 6) is 0.616. The standard InChI is InChI=1S/C20H18N4O2/c1-3-23(2)20(26)14-9-10-16-15(11-14)22-19(25)17-12-21-18(24(16)17)13-7-5-4-6-8-13/h4-12H,3H2,1-2H3,(H,22,25). The summed E-state index contributed by atoms with van der Waals surface area (Å²) < 4.78 is 1.83. The van der Waals surface area contributed by atoms with Crippen molar-refractivity contribution in [1.82, 2.24) is 19.3 Å². The monoisotopic (exact) mass is 346 g/mol. The number of aromatic nitrogens is 3. The van der Waals surface area contributed by atoms with Gasteiger partial charge in [0.15, 0.2) is 0 Å². The summed E-state index contributed by atoms with van der Waals surface area (Å²) >= 11 is 0. The van der Waals surface area contributed by atoms with Crippen LogP contribution in [0.2, 0.25) is 0 Å². The molecule has 0 aliphatic rings. The van der Waals surface area contributed by atoms with Gasteiger partial charge in [0.1, 0.15) is 11.3 Å². The molecule has 6 nitrogen and oxygen atoms in total. The van der Waals surface area contributed by atoms with Gasteiger partial charge in [-0.25, -0.2) is 4.98 Å². The summed E-state index contributed by atoms with van der Waals surface area (Å²) in [6.45, 7) is 2.54. The molecule has 0 spiro atoms. The van der Waals surface area contributed by atoms with Gasteiger partial charge in [-0.1, -0.05) is 30.3 Å². The Morgan fingerprint density at radius 2 is 1.92 bits per heavy atom. The van der Waals surface area contributed by atoms with Crippen molar-refractivity contribution >= 4 is 22.5 Å². The van der Waals surface area contributed by atoms with Gasteiger partial charge in [0.25, 0.3) is 11.5 Å². The highest BCUT2D eigenvalue weighted by Gasteiger charge is 2.15. The Hall–Kier alpha value is -3.41. The second-order valence-electron chi connectivity index (χ2n) is 6.17. The molecule has 0 atom stereocenters. The maximum absolute atomic E-state index is 12.5. The molecule has 2 aromatic carbocycles. The Labute approximate surface area is 149 Å². The van der Waals surface area contributed by atoms with Crippen LogP contribution in [0.4, 0.5) is 0 Å². The molecule has 130 valence electrons. The number of hydrogen-bond donors (Lipinski definition) is 1. The average molecular weight is 346 g/mol. The molecular formula is C20H18N4O2. The largest absolute Gasteiger partial charge is 0.342 e. The fourth-order valence-corrected chi connectivity index (χ4v) is 3.06. The highest BCUT2D eigenvalue weighted by Crippen LogP contribution is 2.23. The predicted octanol–water partition coefficient (Wildman–Crippen LogP) is 2.93. The summed E-state index contributed by atoms with van der Waals surface area (Å²) in [6, 6.07) is 15.1. The first-order chi connectivity index (χ1) is 12.6. The number of imidazole rings is 1. The number of benzene rings is 2. The van der Waals surface area contributed by atoms with Crippen molar-refractivity contribution < 1.29 is 4.79 Å². The number of nitrogens with zero attached hydrogens (tertiary/aromatic N) is 3. The molecule has 0 bridgehead atoms. The number of rotatable bonds is 3. The molecule has 6 heteroatoms. The summed E-state index contributed by atoms with van der Waals surface area (Å²) in [6.07, 6.45) is 1.57. The molecule has 4 aromatic rings. The first-order valence-corrected chi connectivity index (χ1v) is 8.44. The van der Waals surface area contributed by atoms with Gasteiger partial charge in [0.2, 0.25) is 0 Å². The van der Waals surface area contributed by atoms with E-state index in [1.165, 1.54) is 0 Å². The number of amides is 1. The van der Waals surface area contributed by atoms with Crippen LogP contribution in [0.25, 0.3) is 27.9 Å². The number of hydrogen-bond acceptors (Lipinski definition) is 3. The minimum Gasteiger partial charge on any atom is -0.342 e. The molecule has 1 amide bonds. The van der Waals surface area contributed by atoms with Crippen molar-refractivity contribution in [2.45, 2.75) is 6.92 Å². The van der Waals surface area contributed by atoms with E-state index in [0.29, 0.717) is 29.0 Å². The van der Waals surface area contributed by atoms with Gasteiger partial charge in [-0.05, 0) is 25.1 Å². The van der Waals surface area contributed by atoms with E-state index in [1.54, 1.807) is 30.3 Å². The third-order valence-corrected chi connectivity index (χ3v) is 4.58. The number of nitrogens with one attached hydrogen (secondary N) is 1. The third-order valence-electron chi connectivity index (χ3n) is 4.58. The van der Waals surface area contributed by atoms with Crippen molar-refractivity contribution in [3.63, 3.8) is 0 Å². The van der Waals surface area contributed by atoms with E-state index in [1.807, 2.05) is 47.7 Å². The molecule has 0 saturated carbocycles. The van der Waals surface area contributed by atoms with E-state index in [0.717, 1.165) is 11.1 Å². The van der Waals surface area contributed by atoms with Gasteiger partial charge in [0, 0.05) is 24.7 Å². The number of H-pyrrole nitrogens is 1. The molecule has 4 rings (SSSR count). The lowest BCUT2D eigenvalue weighted by Crippen LogP contribution is -2.26. The fourth-order valence-electron chi connectivity index (χ4n) is 3.06. The van der Waals surface area contributed by atoms with E-state index >= 15 is 0 Å². The Morgan fingerprint density at radius 1 is 1.15 bits per heavy atom. The third kappa shape index (κ3) is 2.47. The highest BCUT2D eigenvalue weighted by atomic mass is 16.2. The van der Waals surface area contributed by atoms with Crippen molar-refractivity contribution in [1.29, 1.82) is 0 Å². The van der Waals surface area contributed by atoms with E-state index in [2.05, 4.69) is 9.97 Å². The maximum Gasteiger partial charge on any atom is 0.274 e. The van der Waals surface area contributed by atoms with E-state index in [9.17, 15) is 9.59 Å². The van der Waals surface area contributed by atoms with Crippen LogP contribution >= 0.6 is 0 Å². The first kappa shape index (κ1) is 16.1. The minimum atomic E-state index is -0.236. The summed E-state index contributed by atoms with van der Waals surface area (Å²) in [7, 11) is 1.75. The number of carbonyl (C=O) groups excluding carboxylic acids is 1. The number of aromatic amines is 1. The second kappa shape index (κ2) is 6.15. The van der Waals surface area contributed by atoms with Crippen LogP contribution in [-0.4, -0.2) is 38.8 Å². The van der Waals surface area contributed by atoms with E-state index in [-0.39, 0.29) is 11.5 Å². The zero-order valence-corrected chi connectivity index (χ0v) is 14.6. The van der Waals surface area contributed by atoms with Crippen molar-refractivity contribution in [3.8, 4) is 11.4 Å². The van der Waals surface area contributed by atoms with Crippen LogP contribution in [0.15, 0.2) is 59.5 Å². The minimum absolute atomic E-state index is 0.0794. The van der Waals surface area contributed by atoms with Gasteiger partial charge < -0.3 is 9.88 Å². The molecule has 0 aliphatic heterocycles. The van der Waals surface area contributed by atoms with Crippen LogP contribution in [0.5, 0.6) is 0 Å². The smallest absolute Gasteiger partial charge is 0.274 e. The van der Waals surface area contributed by atoms with E-state index in [4.69, 9.17) is 0 Å². The highest BCUT2D eigenvalue weighted by molar-refractivity contribution is 5.97. The first-order valence-electron chi connectivity index (χ1n) is 8.44. The van der Waals surface area contributed by atoms with Gasteiger partial charge in [-0.2, -0.15) is 0 Å². The SMILES string of the molecule is CCN(C)C(=O)c1ccc2c(c1)[nH]c(=O)c1cnc(-c3ccccc3)n12. The lowest BCUT2D eigenvalue weighted by atomic mass is 10.1. The lowest BCUT2D eigenvalue weighted by Gasteiger charge is -2.15. The van der Waals surface area contributed by atoms with E-state index < -0.39 is 0 Å². The molecule has 26 heavy (non-hydrogen) atoms. The zero-order chi connectivity index (χ0) is 18.3. The Kier molecular flexibility index (Phi) is 3.80. The van der Waals surface area contributed by atoms with Crippen molar-refractivity contribution in [2.75, 3.05) is 13.6 Å². The lowest BCUT2D eigenvalue weighted by molar-refractivity contribution is 0.0802. The summed E-state index contributed by atoms with van der Waals surface area (Å²) in [4.78, 5) is 33.9. The second-order valence-corrected chi connectivity index (χ2v) is 6.17. The summed E-state index contributed by atoms with van der Waals surface area (Å²) in [5, 5.41) is 0. The molecule has 0 aliphatic carbocycles. The molecule has 2 heterocycles. The van der Waals surface area contributed by atoms with Crippen LogP contribution in [0, 0.1) is 0 Å². The van der Waals surface area contributed by atoms with Gasteiger partial charge in [0.05, 0.1) is 17.2 Å². The molecule has 1 N–H and O–H groups in total. The topological polar surface area (TPSA) is 70.5 Å². The van der Waals surface area contributed by atoms with Gasteiger partial charge in [-0.3, -0.25) is 14.0 Å². The van der Waals surface area contributed by atoms with Crippen LogP contribution < -0.4 is 5.56 Å². The fraction of sp³-hybridized carbons (Fsp3) is 0.150. The van der Waals surface area contributed by atoms with Gasteiger partial charge >= 0.3 is 0 Å². The summed E-state index contributed by atoms with van der Waals surface area (Å²) in [5.41, 5.74) is 3.10. The van der Waals surface area contributed by atoms with Crippen LogP contribution in [0.3, 0.4) is 0 Å². The number of fused-ring (bicyclic) bond motifs is 3. The van der Waals surface area contributed by atoms with Crippen LogP contribution in [0.1, 0.15) is 17.3 Å². The predicted molar refractivity (Wildman–Crippen MR) is 101 cm³/mol. The van der Waals surface area contributed by atoms with Crippen molar-refractivity contribution in [2.24, 2.45) is 0 Å². The Morgan fingerprint density at radius 3 is 2.65 bits per heavy atom. The van der Waals surface area contributed by atoms with Crippen LogP contribution in [-0.2, 0) is 0 Å². The number of carbonyl (C=O) groups is 1. The average Bonchev–Trinajstić information content (AvgIpc) is 3.13. The quantitative estimate of drug-likeness (QED) is 0.620. The Balaban J connectivity index is 1.99. The molecule has 0 radical (unpaired) electrons. The maximum atomic E-state index is 12.5. The molecule has 0 fully saturated rings. The molecule has 2 aromatic heterocycles. The Bertz CT molecular complexity index is 1180. The zero-order valence-electron chi connectivity index (χ0n) is 14.6. The molecule has 0 unspecified atom stereocenters. The molecule has 0 saturated heterocycles. The van der Waals surface area contributed by atoms with Gasteiger partial charge in [-0.15, -0.1) is 0 Å². The van der Waals surface area contributed by atoms with Crippen molar-refractivity contribution in [3.05, 3.63) is 70.6 Å².